The van der Waals surface area contributed by atoms with Gasteiger partial charge in [-0.3, -0.25) is 4.79 Å². The van der Waals surface area contributed by atoms with E-state index in [-0.39, 0.29) is 11.2 Å². The number of fused-ring (bicyclic) bond motifs is 1. The van der Waals surface area contributed by atoms with Gasteiger partial charge in [0.05, 0.1) is 27.4 Å². The minimum absolute atomic E-state index is 0.0299. The monoisotopic (exact) mass is 415 g/mol. The lowest BCUT2D eigenvalue weighted by Gasteiger charge is -2.16. The molecule has 138 valence electrons. The van der Waals surface area contributed by atoms with Gasteiger partial charge in [-0.25, -0.2) is 4.68 Å². The van der Waals surface area contributed by atoms with Crippen molar-refractivity contribution >= 4 is 46.8 Å². The molecule has 0 radical (unpaired) electrons. The Morgan fingerprint density at radius 2 is 1.96 bits per heavy atom. The molecule has 0 bridgehead atoms. The molecule has 1 aliphatic heterocycles. The molecular formula is C20H18ClN3OS2. The van der Waals surface area contributed by atoms with Gasteiger partial charge >= 0.3 is 0 Å². The average Bonchev–Trinajstić information content (AvgIpc) is 2.88. The number of nitrogens with one attached hydrogen (secondary N) is 1. The molecule has 0 fully saturated rings. The van der Waals surface area contributed by atoms with Crippen LogP contribution in [0.4, 0.5) is 5.82 Å². The van der Waals surface area contributed by atoms with Gasteiger partial charge in [-0.15, -0.1) is 23.5 Å². The molecule has 1 amide bonds. The highest BCUT2D eigenvalue weighted by atomic mass is 35.5. The highest BCUT2D eigenvalue weighted by Gasteiger charge is 2.30. The SMILES string of the molecule is CSc1ccc([C@@H]2SCC(=O)Nc3c2c(C)nn3-c2ccccc2Cl)cc1. The maximum Gasteiger partial charge on any atom is 0.235 e. The second kappa shape index (κ2) is 7.62. The van der Waals surface area contributed by atoms with E-state index in [1.165, 1.54) is 4.90 Å². The molecule has 4 rings (SSSR count). The Balaban J connectivity index is 1.87. The lowest BCUT2D eigenvalue weighted by molar-refractivity contribution is -0.113. The number of para-hydroxylation sites is 1. The first-order chi connectivity index (χ1) is 13.1. The fourth-order valence-electron chi connectivity index (χ4n) is 3.22. The zero-order valence-corrected chi connectivity index (χ0v) is 17.3. The highest BCUT2D eigenvalue weighted by molar-refractivity contribution is 8.00. The van der Waals surface area contributed by atoms with Crippen LogP contribution in [0.5, 0.6) is 0 Å². The van der Waals surface area contributed by atoms with Crippen molar-refractivity contribution in [3.05, 3.63) is 70.4 Å². The summed E-state index contributed by atoms with van der Waals surface area (Å²) in [6.45, 7) is 1.98. The topological polar surface area (TPSA) is 46.9 Å². The Labute approximate surface area is 171 Å². The summed E-state index contributed by atoms with van der Waals surface area (Å²) >= 11 is 9.73. The summed E-state index contributed by atoms with van der Waals surface area (Å²) in [7, 11) is 0. The predicted octanol–water partition coefficient (Wildman–Crippen LogP) is 5.33. The number of halogens is 1. The number of anilines is 1. The number of nitrogens with zero attached hydrogens (tertiary/aromatic N) is 2. The molecule has 0 aliphatic carbocycles. The molecule has 4 nitrogen and oxygen atoms in total. The van der Waals surface area contributed by atoms with E-state index in [1.54, 1.807) is 28.2 Å². The number of thioether (sulfide) groups is 2. The predicted molar refractivity (Wildman–Crippen MR) is 114 cm³/mol. The first-order valence-electron chi connectivity index (χ1n) is 8.48. The van der Waals surface area contributed by atoms with E-state index in [2.05, 4.69) is 35.8 Å². The zero-order chi connectivity index (χ0) is 19.0. The van der Waals surface area contributed by atoms with Crippen molar-refractivity contribution in [2.45, 2.75) is 17.1 Å². The summed E-state index contributed by atoms with van der Waals surface area (Å²) in [4.78, 5) is 13.6. The zero-order valence-electron chi connectivity index (χ0n) is 14.9. The molecule has 0 unspecified atom stereocenters. The molecule has 3 aromatic rings. The third-order valence-electron chi connectivity index (χ3n) is 4.51. The standard InChI is InChI=1S/C20H18ClN3OS2/c1-12-18-19(13-7-9-14(26-2)10-8-13)27-11-17(25)22-20(18)24(23-12)16-6-4-3-5-15(16)21/h3-10,19H,11H2,1-2H3,(H,22,25)/t19-/m0/s1. The normalized spacial score (nSPS) is 16.6. The summed E-state index contributed by atoms with van der Waals surface area (Å²) in [6.07, 6.45) is 2.06. The molecule has 27 heavy (non-hydrogen) atoms. The van der Waals surface area contributed by atoms with Gasteiger partial charge in [0.25, 0.3) is 0 Å². The van der Waals surface area contributed by atoms with Crippen molar-refractivity contribution in [3.63, 3.8) is 0 Å². The fourth-order valence-corrected chi connectivity index (χ4v) is 5.04. The summed E-state index contributed by atoms with van der Waals surface area (Å²) in [5.41, 5.74) is 3.84. The second-order valence-electron chi connectivity index (χ2n) is 6.22. The van der Waals surface area contributed by atoms with E-state index in [9.17, 15) is 4.79 Å². The van der Waals surface area contributed by atoms with Crippen molar-refractivity contribution < 1.29 is 4.79 Å². The van der Waals surface area contributed by atoms with Crippen LogP contribution >= 0.6 is 35.1 Å². The molecule has 2 heterocycles. The van der Waals surface area contributed by atoms with Gasteiger partial charge in [0.1, 0.15) is 5.82 Å². The summed E-state index contributed by atoms with van der Waals surface area (Å²) in [6, 6.07) is 16.0. The largest absolute Gasteiger partial charge is 0.310 e. The number of carbonyl (C=O) groups excluding carboxylic acids is 1. The van der Waals surface area contributed by atoms with E-state index in [0.29, 0.717) is 16.6 Å². The van der Waals surface area contributed by atoms with Crippen LogP contribution < -0.4 is 5.32 Å². The van der Waals surface area contributed by atoms with Gasteiger partial charge in [-0.1, -0.05) is 35.9 Å². The van der Waals surface area contributed by atoms with Crippen LogP contribution in [0, 0.1) is 6.92 Å². The van der Waals surface area contributed by atoms with Crippen molar-refractivity contribution in [2.24, 2.45) is 0 Å². The van der Waals surface area contributed by atoms with Crippen LogP contribution in [-0.2, 0) is 4.79 Å². The number of hydrogen-bond donors (Lipinski definition) is 1. The lowest BCUT2D eigenvalue weighted by Crippen LogP contribution is -2.16. The minimum atomic E-state index is -0.0299. The molecule has 1 atom stereocenters. The summed E-state index contributed by atoms with van der Waals surface area (Å²) in [5, 5.41) is 8.37. The number of carbonyl (C=O) groups is 1. The molecule has 2 aromatic carbocycles. The molecule has 1 aromatic heterocycles. The molecule has 7 heteroatoms. The van der Waals surface area contributed by atoms with E-state index in [4.69, 9.17) is 16.7 Å². The lowest BCUT2D eigenvalue weighted by atomic mass is 10.0. The van der Waals surface area contributed by atoms with Gasteiger partial charge in [0, 0.05) is 10.5 Å². The maximum atomic E-state index is 12.4. The minimum Gasteiger partial charge on any atom is -0.310 e. The number of aromatic nitrogens is 2. The summed E-state index contributed by atoms with van der Waals surface area (Å²) < 4.78 is 1.75. The Bertz CT molecular complexity index is 1000. The van der Waals surface area contributed by atoms with Crippen molar-refractivity contribution in [3.8, 4) is 5.69 Å². The van der Waals surface area contributed by atoms with Crippen LogP contribution in [0.15, 0.2) is 53.4 Å². The highest BCUT2D eigenvalue weighted by Crippen LogP contribution is 2.44. The third-order valence-corrected chi connectivity index (χ3v) is 6.84. The van der Waals surface area contributed by atoms with Gasteiger partial charge < -0.3 is 5.32 Å². The maximum absolute atomic E-state index is 12.4. The smallest absolute Gasteiger partial charge is 0.235 e. The number of amides is 1. The van der Waals surface area contributed by atoms with Gasteiger partial charge in [0.2, 0.25) is 5.91 Å². The van der Waals surface area contributed by atoms with Crippen molar-refractivity contribution in [1.82, 2.24) is 9.78 Å². The number of rotatable bonds is 3. The van der Waals surface area contributed by atoms with E-state index >= 15 is 0 Å². The van der Waals surface area contributed by atoms with E-state index in [1.807, 2.05) is 31.2 Å². The molecule has 0 saturated heterocycles. The van der Waals surface area contributed by atoms with E-state index in [0.717, 1.165) is 22.5 Å². The molecule has 1 N–H and O–H groups in total. The van der Waals surface area contributed by atoms with Crippen LogP contribution in [0.25, 0.3) is 5.69 Å². The van der Waals surface area contributed by atoms with Gasteiger partial charge in [-0.2, -0.15) is 5.10 Å². The van der Waals surface area contributed by atoms with Crippen LogP contribution in [0.1, 0.15) is 22.1 Å². The molecule has 0 spiro atoms. The fraction of sp³-hybridized carbons (Fsp3) is 0.200. The second-order valence-corrected chi connectivity index (χ2v) is 8.60. The number of hydrogen-bond acceptors (Lipinski definition) is 4. The Kier molecular flexibility index (Phi) is 5.21. The van der Waals surface area contributed by atoms with E-state index < -0.39 is 0 Å². The Hall–Kier alpha value is -1.89. The molecular weight excluding hydrogens is 398 g/mol. The molecule has 0 saturated carbocycles. The van der Waals surface area contributed by atoms with Crippen LogP contribution in [0.3, 0.4) is 0 Å². The van der Waals surface area contributed by atoms with Gasteiger partial charge in [0.15, 0.2) is 0 Å². The molecule has 1 aliphatic rings. The van der Waals surface area contributed by atoms with Crippen LogP contribution in [-0.4, -0.2) is 27.7 Å². The first-order valence-corrected chi connectivity index (χ1v) is 11.1. The summed E-state index contributed by atoms with van der Waals surface area (Å²) in [5.74, 6) is 1.07. The first kappa shape index (κ1) is 18.5. The Morgan fingerprint density at radius 3 is 2.67 bits per heavy atom. The van der Waals surface area contributed by atoms with Crippen molar-refractivity contribution in [1.29, 1.82) is 0 Å². The average molecular weight is 416 g/mol. The number of benzene rings is 2. The quantitative estimate of drug-likeness (QED) is 0.587. The van der Waals surface area contributed by atoms with Crippen LogP contribution in [0.2, 0.25) is 5.02 Å². The Morgan fingerprint density at radius 1 is 1.22 bits per heavy atom. The number of aryl methyl sites for hydroxylation is 1. The van der Waals surface area contributed by atoms with Crippen molar-refractivity contribution in [2.75, 3.05) is 17.3 Å². The third kappa shape index (κ3) is 3.49. The van der Waals surface area contributed by atoms with Gasteiger partial charge in [-0.05, 0) is 43.0 Å².